The van der Waals surface area contributed by atoms with Gasteiger partial charge >= 0.3 is 0 Å². The summed E-state index contributed by atoms with van der Waals surface area (Å²) in [5, 5.41) is 3.45. The first-order chi connectivity index (χ1) is 5.79. The molecule has 1 aliphatic heterocycles. The number of aromatic nitrogens is 1. The number of nitrogens with zero attached hydrogens (tertiary/aromatic N) is 1. The number of rotatable bonds is 2. The topological polar surface area (TPSA) is 24.9 Å². The largest absolute Gasteiger partial charge is 0.309 e. The first kappa shape index (κ1) is 8.20. The molecule has 0 bridgehead atoms. The van der Waals surface area contributed by atoms with Gasteiger partial charge in [0.1, 0.15) is 0 Å². The summed E-state index contributed by atoms with van der Waals surface area (Å²) in [5.74, 6) is 1.59. The average molecular weight is 182 g/mol. The third kappa shape index (κ3) is 1.27. The Labute approximate surface area is 77.0 Å². The first-order valence-electron chi connectivity index (χ1n) is 4.41. The highest BCUT2D eigenvalue weighted by atomic mass is 32.1. The maximum atomic E-state index is 4.10. The minimum Gasteiger partial charge on any atom is -0.309 e. The standard InChI is InChI=1S/C9H14N2S/c1-6(2)7-3-11-9(7)8-4-10-5-12-8/h4-7,9,11H,3H2,1-2H3. The van der Waals surface area contributed by atoms with E-state index in [2.05, 4.69) is 24.1 Å². The fraction of sp³-hybridized carbons (Fsp3) is 0.667. The van der Waals surface area contributed by atoms with Crippen molar-refractivity contribution in [2.75, 3.05) is 6.54 Å². The molecule has 2 unspecified atom stereocenters. The fourth-order valence-electron chi connectivity index (χ4n) is 1.68. The quantitative estimate of drug-likeness (QED) is 0.757. The van der Waals surface area contributed by atoms with Gasteiger partial charge in [-0.1, -0.05) is 13.8 Å². The van der Waals surface area contributed by atoms with Crippen LogP contribution in [-0.4, -0.2) is 11.5 Å². The molecule has 2 atom stereocenters. The van der Waals surface area contributed by atoms with Gasteiger partial charge in [-0.05, 0) is 11.8 Å². The third-order valence-corrected chi connectivity index (χ3v) is 3.47. The number of thiazole rings is 1. The van der Waals surface area contributed by atoms with Crippen LogP contribution < -0.4 is 5.32 Å². The van der Waals surface area contributed by atoms with E-state index in [1.165, 1.54) is 11.4 Å². The Hall–Kier alpha value is -0.410. The Morgan fingerprint density at radius 2 is 2.50 bits per heavy atom. The SMILES string of the molecule is CC(C)C1CNC1c1cncs1. The Morgan fingerprint density at radius 3 is 2.92 bits per heavy atom. The van der Waals surface area contributed by atoms with E-state index in [0.29, 0.717) is 6.04 Å². The van der Waals surface area contributed by atoms with E-state index >= 15 is 0 Å². The van der Waals surface area contributed by atoms with Crippen LogP contribution in [0.1, 0.15) is 24.8 Å². The smallest absolute Gasteiger partial charge is 0.0794 e. The minimum atomic E-state index is 0.581. The molecule has 0 saturated carbocycles. The summed E-state index contributed by atoms with van der Waals surface area (Å²) in [7, 11) is 0. The molecule has 1 aliphatic rings. The average Bonchev–Trinajstić information content (AvgIpc) is 2.35. The lowest BCUT2D eigenvalue weighted by Gasteiger charge is -2.40. The van der Waals surface area contributed by atoms with Gasteiger partial charge in [-0.15, -0.1) is 11.3 Å². The molecule has 2 nitrogen and oxygen atoms in total. The summed E-state index contributed by atoms with van der Waals surface area (Å²) in [6.45, 7) is 5.75. The van der Waals surface area contributed by atoms with Crippen LogP contribution in [0, 0.1) is 11.8 Å². The van der Waals surface area contributed by atoms with Crippen LogP contribution in [0.5, 0.6) is 0 Å². The summed E-state index contributed by atoms with van der Waals surface area (Å²) >= 11 is 1.75. The lowest BCUT2D eigenvalue weighted by Crippen LogP contribution is -2.47. The predicted molar refractivity (Wildman–Crippen MR) is 51.2 cm³/mol. The summed E-state index contributed by atoms with van der Waals surface area (Å²) < 4.78 is 0. The van der Waals surface area contributed by atoms with Crippen LogP contribution in [0.2, 0.25) is 0 Å². The molecule has 2 heterocycles. The van der Waals surface area contributed by atoms with Gasteiger partial charge < -0.3 is 5.32 Å². The van der Waals surface area contributed by atoms with Gasteiger partial charge in [0.05, 0.1) is 5.51 Å². The highest BCUT2D eigenvalue weighted by Crippen LogP contribution is 2.35. The second-order valence-corrected chi connectivity index (χ2v) is 4.62. The van der Waals surface area contributed by atoms with E-state index < -0.39 is 0 Å². The van der Waals surface area contributed by atoms with E-state index in [-0.39, 0.29) is 0 Å². The van der Waals surface area contributed by atoms with Crippen LogP contribution in [0.4, 0.5) is 0 Å². The monoisotopic (exact) mass is 182 g/mol. The number of nitrogens with one attached hydrogen (secondary N) is 1. The highest BCUT2D eigenvalue weighted by Gasteiger charge is 2.34. The van der Waals surface area contributed by atoms with Crippen LogP contribution in [0.25, 0.3) is 0 Å². The first-order valence-corrected chi connectivity index (χ1v) is 5.29. The molecular weight excluding hydrogens is 168 g/mol. The summed E-state index contributed by atoms with van der Waals surface area (Å²) in [6, 6.07) is 0.581. The van der Waals surface area contributed by atoms with Crippen molar-refractivity contribution in [3.63, 3.8) is 0 Å². The highest BCUT2D eigenvalue weighted by molar-refractivity contribution is 7.09. The molecule has 12 heavy (non-hydrogen) atoms. The molecule has 3 heteroatoms. The van der Waals surface area contributed by atoms with Crippen molar-refractivity contribution >= 4 is 11.3 Å². The molecule has 66 valence electrons. The van der Waals surface area contributed by atoms with Gasteiger partial charge in [0, 0.05) is 23.7 Å². The van der Waals surface area contributed by atoms with Crippen LogP contribution >= 0.6 is 11.3 Å². The van der Waals surface area contributed by atoms with Gasteiger partial charge in [-0.25, -0.2) is 0 Å². The molecule has 1 aromatic heterocycles. The normalized spacial score (nSPS) is 28.9. The summed E-state index contributed by atoms with van der Waals surface area (Å²) in [5.41, 5.74) is 1.91. The summed E-state index contributed by atoms with van der Waals surface area (Å²) in [4.78, 5) is 5.49. The predicted octanol–water partition coefficient (Wildman–Crippen LogP) is 2.06. The number of hydrogen-bond acceptors (Lipinski definition) is 3. The van der Waals surface area contributed by atoms with Gasteiger partial charge in [0.15, 0.2) is 0 Å². The maximum Gasteiger partial charge on any atom is 0.0794 e. The molecule has 1 aromatic rings. The van der Waals surface area contributed by atoms with Crippen molar-refractivity contribution in [1.29, 1.82) is 0 Å². The Morgan fingerprint density at radius 1 is 1.67 bits per heavy atom. The van der Waals surface area contributed by atoms with Gasteiger partial charge in [0.25, 0.3) is 0 Å². The van der Waals surface area contributed by atoms with E-state index in [1.807, 2.05) is 11.7 Å². The van der Waals surface area contributed by atoms with Gasteiger partial charge in [-0.2, -0.15) is 0 Å². The van der Waals surface area contributed by atoms with Crippen LogP contribution in [0.3, 0.4) is 0 Å². The zero-order chi connectivity index (χ0) is 8.55. The molecule has 0 radical (unpaired) electrons. The lowest BCUT2D eigenvalue weighted by atomic mass is 9.82. The minimum absolute atomic E-state index is 0.581. The molecule has 0 aliphatic carbocycles. The van der Waals surface area contributed by atoms with Crippen molar-refractivity contribution in [3.05, 3.63) is 16.6 Å². The van der Waals surface area contributed by atoms with Gasteiger partial charge in [-0.3, -0.25) is 4.98 Å². The van der Waals surface area contributed by atoms with E-state index in [9.17, 15) is 0 Å². The molecular formula is C9H14N2S. The van der Waals surface area contributed by atoms with E-state index in [4.69, 9.17) is 0 Å². The number of hydrogen-bond donors (Lipinski definition) is 1. The van der Waals surface area contributed by atoms with Crippen LogP contribution in [0.15, 0.2) is 11.7 Å². The molecule has 0 aromatic carbocycles. The molecule has 1 saturated heterocycles. The summed E-state index contributed by atoms with van der Waals surface area (Å²) in [6.07, 6.45) is 1.98. The Kier molecular flexibility index (Phi) is 2.15. The molecule has 2 rings (SSSR count). The maximum absolute atomic E-state index is 4.10. The van der Waals surface area contributed by atoms with Crippen molar-refractivity contribution in [2.45, 2.75) is 19.9 Å². The lowest BCUT2D eigenvalue weighted by molar-refractivity contribution is 0.177. The van der Waals surface area contributed by atoms with E-state index in [1.54, 1.807) is 11.3 Å². The zero-order valence-electron chi connectivity index (χ0n) is 7.45. The van der Waals surface area contributed by atoms with Crippen molar-refractivity contribution < 1.29 is 0 Å². The van der Waals surface area contributed by atoms with Gasteiger partial charge in [0.2, 0.25) is 0 Å². The Bertz CT molecular complexity index is 243. The van der Waals surface area contributed by atoms with Crippen molar-refractivity contribution in [1.82, 2.24) is 10.3 Å². The third-order valence-electron chi connectivity index (χ3n) is 2.62. The van der Waals surface area contributed by atoms with Crippen molar-refractivity contribution in [2.24, 2.45) is 11.8 Å². The van der Waals surface area contributed by atoms with Crippen LogP contribution in [-0.2, 0) is 0 Å². The fourth-order valence-corrected chi connectivity index (χ4v) is 2.45. The second-order valence-electron chi connectivity index (χ2n) is 3.70. The Balaban J connectivity index is 2.07. The molecule has 1 N–H and O–H groups in total. The molecule has 0 spiro atoms. The molecule has 1 fully saturated rings. The van der Waals surface area contributed by atoms with E-state index in [0.717, 1.165) is 11.8 Å². The zero-order valence-corrected chi connectivity index (χ0v) is 8.27. The molecule has 0 amide bonds. The second kappa shape index (κ2) is 3.15. The van der Waals surface area contributed by atoms with Crippen molar-refractivity contribution in [3.8, 4) is 0 Å².